The average Bonchev–Trinajstić information content (AvgIpc) is 2.81. The number of hydrogen-bond acceptors (Lipinski definition) is 5. The first-order chi connectivity index (χ1) is 15.4. The van der Waals surface area contributed by atoms with Gasteiger partial charge in [0.05, 0.1) is 11.3 Å². The van der Waals surface area contributed by atoms with Crippen molar-refractivity contribution in [3.8, 4) is 5.75 Å². The molecule has 0 fully saturated rings. The standard InChI is InChI=1S/C25H23N3O4/c1-17-7-6-10-21(15-17)25(31)32-22-13-11-20(12-14-22)18(2)27-28-24(30)23(29)26-16-19-8-4-3-5-9-19/h3-15H,16H2,1-2H3,(H,26,29)(H,28,30). The van der Waals surface area contributed by atoms with Gasteiger partial charge in [0.1, 0.15) is 5.75 Å². The zero-order chi connectivity index (χ0) is 22.9. The minimum absolute atomic E-state index is 0.249. The lowest BCUT2D eigenvalue weighted by atomic mass is 10.1. The summed E-state index contributed by atoms with van der Waals surface area (Å²) in [6.07, 6.45) is 0. The maximum absolute atomic E-state index is 12.2. The molecule has 0 spiro atoms. The molecular formula is C25H23N3O4. The van der Waals surface area contributed by atoms with Gasteiger partial charge in [0.2, 0.25) is 0 Å². The van der Waals surface area contributed by atoms with Gasteiger partial charge < -0.3 is 10.1 Å². The van der Waals surface area contributed by atoms with Crippen molar-refractivity contribution in [2.45, 2.75) is 20.4 Å². The number of esters is 1. The van der Waals surface area contributed by atoms with E-state index in [2.05, 4.69) is 15.8 Å². The van der Waals surface area contributed by atoms with Crippen molar-refractivity contribution in [2.75, 3.05) is 0 Å². The predicted molar refractivity (Wildman–Crippen MR) is 121 cm³/mol. The molecule has 0 unspecified atom stereocenters. The Hall–Kier alpha value is -4.26. The first kappa shape index (κ1) is 22.4. The topological polar surface area (TPSA) is 96.9 Å². The summed E-state index contributed by atoms with van der Waals surface area (Å²) in [5.41, 5.74) is 5.76. The van der Waals surface area contributed by atoms with Crippen molar-refractivity contribution < 1.29 is 19.1 Å². The minimum Gasteiger partial charge on any atom is -0.423 e. The fourth-order valence-corrected chi connectivity index (χ4v) is 2.81. The van der Waals surface area contributed by atoms with E-state index in [1.807, 2.05) is 43.3 Å². The molecule has 0 aliphatic carbocycles. The van der Waals surface area contributed by atoms with Crippen molar-refractivity contribution in [1.29, 1.82) is 0 Å². The highest BCUT2D eigenvalue weighted by molar-refractivity contribution is 6.35. The van der Waals surface area contributed by atoms with Gasteiger partial charge in [-0.2, -0.15) is 5.10 Å². The molecule has 3 aromatic rings. The Morgan fingerprint density at radius 2 is 1.56 bits per heavy atom. The molecule has 0 heterocycles. The molecule has 3 aromatic carbocycles. The summed E-state index contributed by atoms with van der Waals surface area (Å²) in [6.45, 7) is 3.84. The molecule has 0 saturated carbocycles. The van der Waals surface area contributed by atoms with E-state index < -0.39 is 17.8 Å². The molecule has 7 heteroatoms. The fraction of sp³-hybridized carbons (Fsp3) is 0.120. The lowest BCUT2D eigenvalue weighted by molar-refractivity contribution is -0.139. The molecule has 0 atom stereocenters. The molecule has 0 aliphatic heterocycles. The third-order valence-electron chi connectivity index (χ3n) is 4.56. The molecular weight excluding hydrogens is 406 g/mol. The maximum atomic E-state index is 12.2. The van der Waals surface area contributed by atoms with Crippen molar-refractivity contribution >= 4 is 23.5 Å². The minimum atomic E-state index is -0.857. The second-order valence-corrected chi connectivity index (χ2v) is 7.09. The van der Waals surface area contributed by atoms with Crippen LogP contribution >= 0.6 is 0 Å². The lowest BCUT2D eigenvalue weighted by Crippen LogP contribution is -2.37. The first-order valence-electron chi connectivity index (χ1n) is 9.98. The molecule has 0 aromatic heterocycles. The number of nitrogens with zero attached hydrogens (tertiary/aromatic N) is 1. The maximum Gasteiger partial charge on any atom is 0.343 e. The van der Waals surface area contributed by atoms with Gasteiger partial charge in [-0.05, 0) is 61.4 Å². The van der Waals surface area contributed by atoms with Crippen molar-refractivity contribution in [3.63, 3.8) is 0 Å². The number of rotatable bonds is 6. The van der Waals surface area contributed by atoms with Crippen LogP contribution in [0.3, 0.4) is 0 Å². The van der Waals surface area contributed by atoms with Gasteiger partial charge >= 0.3 is 17.8 Å². The van der Waals surface area contributed by atoms with Gasteiger partial charge in [0.25, 0.3) is 0 Å². The molecule has 2 N–H and O–H groups in total. The van der Waals surface area contributed by atoms with Crippen LogP contribution in [0.4, 0.5) is 0 Å². The van der Waals surface area contributed by atoms with E-state index in [9.17, 15) is 14.4 Å². The van der Waals surface area contributed by atoms with Crippen molar-refractivity contribution in [1.82, 2.24) is 10.7 Å². The molecule has 0 radical (unpaired) electrons. The van der Waals surface area contributed by atoms with E-state index in [1.165, 1.54) is 0 Å². The quantitative estimate of drug-likeness (QED) is 0.206. The van der Waals surface area contributed by atoms with Gasteiger partial charge in [-0.25, -0.2) is 10.2 Å². The second kappa shape index (κ2) is 10.7. The molecule has 7 nitrogen and oxygen atoms in total. The number of aryl methyl sites for hydroxylation is 1. The number of benzene rings is 3. The van der Waals surface area contributed by atoms with Gasteiger partial charge in [-0.3, -0.25) is 9.59 Å². The number of carbonyl (C=O) groups is 3. The van der Waals surface area contributed by atoms with Gasteiger partial charge in [-0.15, -0.1) is 0 Å². The third-order valence-corrected chi connectivity index (χ3v) is 4.56. The number of hydrogen-bond donors (Lipinski definition) is 2. The van der Waals surface area contributed by atoms with Crippen LogP contribution in [0.15, 0.2) is 84.0 Å². The zero-order valence-electron chi connectivity index (χ0n) is 17.8. The molecule has 3 rings (SSSR count). The highest BCUT2D eigenvalue weighted by atomic mass is 16.5. The summed E-state index contributed by atoms with van der Waals surface area (Å²) < 4.78 is 5.38. The van der Waals surface area contributed by atoms with Crippen LogP contribution in [0, 0.1) is 6.92 Å². The van der Waals surface area contributed by atoms with E-state index in [4.69, 9.17) is 4.74 Å². The van der Waals surface area contributed by atoms with E-state index in [-0.39, 0.29) is 6.54 Å². The molecule has 162 valence electrons. The Morgan fingerprint density at radius 3 is 2.25 bits per heavy atom. The summed E-state index contributed by atoms with van der Waals surface area (Å²) in [6, 6.07) is 23.1. The molecule has 0 aliphatic rings. The molecule has 0 saturated heterocycles. The van der Waals surface area contributed by atoms with Crippen LogP contribution in [0.2, 0.25) is 0 Å². The van der Waals surface area contributed by atoms with E-state index in [0.29, 0.717) is 22.6 Å². The van der Waals surface area contributed by atoms with Gasteiger partial charge in [0.15, 0.2) is 0 Å². The smallest absolute Gasteiger partial charge is 0.343 e. The number of hydrazone groups is 1. The zero-order valence-corrected chi connectivity index (χ0v) is 17.8. The summed E-state index contributed by atoms with van der Waals surface area (Å²) in [4.78, 5) is 36.1. The fourth-order valence-electron chi connectivity index (χ4n) is 2.81. The Labute approximate surface area is 186 Å². The number of carbonyl (C=O) groups excluding carboxylic acids is 3. The predicted octanol–water partition coefficient (Wildman–Crippen LogP) is 3.37. The van der Waals surface area contributed by atoms with Crippen LogP contribution < -0.4 is 15.5 Å². The van der Waals surface area contributed by atoms with Crippen molar-refractivity contribution in [2.24, 2.45) is 5.10 Å². The van der Waals surface area contributed by atoms with Gasteiger partial charge in [0, 0.05) is 6.54 Å². The van der Waals surface area contributed by atoms with E-state index in [0.717, 1.165) is 11.1 Å². The Morgan fingerprint density at radius 1 is 0.844 bits per heavy atom. The van der Waals surface area contributed by atoms with Crippen LogP contribution in [0.5, 0.6) is 5.75 Å². The Kier molecular flexibility index (Phi) is 7.48. The molecule has 2 amide bonds. The van der Waals surface area contributed by atoms with Crippen LogP contribution in [0.25, 0.3) is 0 Å². The average molecular weight is 429 g/mol. The Balaban J connectivity index is 1.53. The summed E-state index contributed by atoms with van der Waals surface area (Å²) in [7, 11) is 0. The van der Waals surface area contributed by atoms with Crippen molar-refractivity contribution in [3.05, 3.63) is 101 Å². The SMILES string of the molecule is CC(=NNC(=O)C(=O)NCc1ccccc1)c1ccc(OC(=O)c2cccc(C)c2)cc1. The summed E-state index contributed by atoms with van der Waals surface area (Å²) >= 11 is 0. The normalized spacial score (nSPS) is 10.9. The number of amides is 2. The monoisotopic (exact) mass is 429 g/mol. The highest BCUT2D eigenvalue weighted by Crippen LogP contribution is 2.15. The Bertz CT molecular complexity index is 1140. The third kappa shape index (κ3) is 6.37. The van der Waals surface area contributed by atoms with E-state index in [1.54, 1.807) is 49.4 Å². The second-order valence-electron chi connectivity index (χ2n) is 7.09. The van der Waals surface area contributed by atoms with E-state index >= 15 is 0 Å². The number of nitrogens with one attached hydrogen (secondary N) is 2. The van der Waals surface area contributed by atoms with Crippen LogP contribution in [-0.4, -0.2) is 23.5 Å². The summed E-state index contributed by atoms with van der Waals surface area (Å²) in [5, 5.41) is 6.50. The summed E-state index contributed by atoms with van der Waals surface area (Å²) in [5.74, 6) is -1.69. The molecule has 0 bridgehead atoms. The molecule has 32 heavy (non-hydrogen) atoms. The highest BCUT2D eigenvalue weighted by Gasteiger charge is 2.13. The number of ether oxygens (including phenoxy) is 1. The van der Waals surface area contributed by atoms with Crippen LogP contribution in [0.1, 0.15) is 34.0 Å². The van der Waals surface area contributed by atoms with Crippen LogP contribution in [-0.2, 0) is 16.1 Å². The first-order valence-corrected chi connectivity index (χ1v) is 9.98. The largest absolute Gasteiger partial charge is 0.423 e. The van der Waals surface area contributed by atoms with Gasteiger partial charge in [-0.1, -0.05) is 48.0 Å². The lowest BCUT2D eigenvalue weighted by Gasteiger charge is -2.07.